The van der Waals surface area contributed by atoms with Gasteiger partial charge < -0.3 is 24.0 Å². The number of anilines is 1. The number of allylic oxidation sites excluding steroid dienone is 5. The average Bonchev–Trinajstić information content (AvgIpc) is 3.12. The first-order valence-corrected chi connectivity index (χ1v) is 12.3. The number of ether oxygens (including phenoxy) is 3. The maximum absolute atomic E-state index is 13.9. The number of amides is 1. The van der Waals surface area contributed by atoms with Crippen molar-refractivity contribution in [2.75, 3.05) is 45.8 Å². The van der Waals surface area contributed by atoms with Gasteiger partial charge in [-0.1, -0.05) is 18.2 Å². The molecule has 0 aromatic heterocycles. The fourth-order valence-electron chi connectivity index (χ4n) is 3.86. The average molecular weight is 501 g/mol. The van der Waals surface area contributed by atoms with Crippen LogP contribution in [0, 0.1) is 5.92 Å². The molecule has 3 rings (SSSR count). The number of fused-ring (bicyclic) bond motifs is 1. The lowest BCUT2D eigenvalue weighted by molar-refractivity contribution is -0.153. The Labute approximate surface area is 210 Å². The highest BCUT2D eigenvalue weighted by atomic mass is 32.2. The first-order chi connectivity index (χ1) is 16.7. The topological polar surface area (TPSA) is 85.4 Å². The number of methoxy groups -OCH3 is 1. The normalized spacial score (nSPS) is 21.7. The summed E-state index contributed by atoms with van der Waals surface area (Å²) in [5.74, 6) is -0.846. The second-order valence-electron chi connectivity index (χ2n) is 8.40. The van der Waals surface area contributed by atoms with Crippen LogP contribution in [-0.4, -0.2) is 75.0 Å². The lowest BCUT2D eigenvalue weighted by Crippen LogP contribution is -2.48. The molecule has 1 aromatic rings. The van der Waals surface area contributed by atoms with E-state index in [4.69, 9.17) is 14.2 Å². The van der Waals surface area contributed by atoms with Gasteiger partial charge in [0, 0.05) is 30.8 Å². The third kappa shape index (κ3) is 6.55. The van der Waals surface area contributed by atoms with E-state index < -0.39 is 23.3 Å². The first kappa shape index (κ1) is 26.6. The molecule has 9 heteroatoms. The second-order valence-corrected chi connectivity index (χ2v) is 9.62. The zero-order valence-electron chi connectivity index (χ0n) is 20.7. The van der Waals surface area contributed by atoms with E-state index in [0.29, 0.717) is 30.1 Å². The minimum atomic E-state index is -1.03. The van der Waals surface area contributed by atoms with Crippen molar-refractivity contribution < 1.29 is 28.6 Å². The molecule has 1 heterocycles. The molecule has 0 N–H and O–H groups in total. The zero-order chi connectivity index (χ0) is 25.5. The SMILES string of the molecule is CCOC(=O)c1ccc2c(c1)N(CCN(C)C)C(=O)C(OC(C)=O)C(C1C=CC=C(OC)C=C1)S2. The Hall–Kier alpha value is -3.04. The third-order valence-corrected chi connectivity index (χ3v) is 7.02. The maximum Gasteiger partial charge on any atom is 0.338 e. The molecule has 35 heavy (non-hydrogen) atoms. The fraction of sp³-hybridized carbons (Fsp3) is 0.423. The highest BCUT2D eigenvalue weighted by molar-refractivity contribution is 8.00. The van der Waals surface area contributed by atoms with Crippen molar-refractivity contribution in [1.29, 1.82) is 0 Å². The van der Waals surface area contributed by atoms with Crippen molar-refractivity contribution in [3.63, 3.8) is 0 Å². The summed E-state index contributed by atoms with van der Waals surface area (Å²) in [4.78, 5) is 42.9. The van der Waals surface area contributed by atoms with Gasteiger partial charge in [0.2, 0.25) is 0 Å². The molecule has 1 aromatic carbocycles. The van der Waals surface area contributed by atoms with Gasteiger partial charge >= 0.3 is 11.9 Å². The molecule has 3 atom stereocenters. The van der Waals surface area contributed by atoms with Gasteiger partial charge in [0.25, 0.3) is 5.91 Å². The smallest absolute Gasteiger partial charge is 0.338 e. The minimum Gasteiger partial charge on any atom is -0.497 e. The van der Waals surface area contributed by atoms with Crippen molar-refractivity contribution in [3.05, 3.63) is 59.9 Å². The van der Waals surface area contributed by atoms with E-state index in [9.17, 15) is 14.4 Å². The number of esters is 2. The van der Waals surface area contributed by atoms with Crippen LogP contribution in [0.5, 0.6) is 0 Å². The zero-order valence-corrected chi connectivity index (χ0v) is 21.5. The molecule has 188 valence electrons. The van der Waals surface area contributed by atoms with Crippen LogP contribution in [0.4, 0.5) is 5.69 Å². The summed E-state index contributed by atoms with van der Waals surface area (Å²) < 4.78 is 16.2. The Morgan fingerprint density at radius 2 is 1.97 bits per heavy atom. The van der Waals surface area contributed by atoms with Crippen LogP contribution in [-0.2, 0) is 23.8 Å². The summed E-state index contributed by atoms with van der Waals surface area (Å²) in [5, 5.41) is -0.431. The Morgan fingerprint density at radius 1 is 1.20 bits per heavy atom. The van der Waals surface area contributed by atoms with Gasteiger partial charge in [-0.3, -0.25) is 9.59 Å². The van der Waals surface area contributed by atoms with Crippen molar-refractivity contribution >= 4 is 35.3 Å². The molecule has 0 bridgehead atoms. The summed E-state index contributed by atoms with van der Waals surface area (Å²) in [6, 6.07) is 5.21. The van der Waals surface area contributed by atoms with Crippen molar-refractivity contribution in [2.45, 2.75) is 30.1 Å². The second kappa shape index (κ2) is 12.1. The number of carbonyl (C=O) groups is 3. The number of thioether (sulfide) groups is 1. The van der Waals surface area contributed by atoms with Crippen molar-refractivity contribution in [1.82, 2.24) is 4.90 Å². The van der Waals surface area contributed by atoms with Gasteiger partial charge in [0.1, 0.15) is 5.76 Å². The highest BCUT2D eigenvalue weighted by Crippen LogP contribution is 2.43. The third-order valence-electron chi connectivity index (χ3n) is 5.59. The van der Waals surface area contributed by atoms with Crippen LogP contribution in [0.3, 0.4) is 0 Å². The Kier molecular flexibility index (Phi) is 9.17. The lowest BCUT2D eigenvalue weighted by atomic mass is 9.98. The van der Waals surface area contributed by atoms with Gasteiger partial charge in [-0.05, 0) is 51.4 Å². The Balaban J connectivity index is 2.10. The van der Waals surface area contributed by atoms with Crippen LogP contribution >= 0.6 is 11.8 Å². The standard InChI is InChI=1S/C26H32N2O6S/c1-6-33-26(31)19-11-13-22-21(16-19)28(15-14-27(3)4)25(30)23(34-17(2)29)24(35-22)18-8-7-9-20(32-5)12-10-18/h7-13,16,18,23-24H,6,14-15H2,1-5H3. The lowest BCUT2D eigenvalue weighted by Gasteiger charge is -2.30. The minimum absolute atomic E-state index is 0.219. The van der Waals surface area contributed by atoms with Crippen LogP contribution in [0.1, 0.15) is 24.2 Å². The molecule has 8 nitrogen and oxygen atoms in total. The van der Waals surface area contributed by atoms with Gasteiger partial charge in [0.15, 0.2) is 6.10 Å². The maximum atomic E-state index is 13.9. The predicted octanol–water partition coefficient (Wildman–Crippen LogP) is 3.44. The summed E-state index contributed by atoms with van der Waals surface area (Å²) in [5.41, 5.74) is 0.962. The van der Waals surface area contributed by atoms with E-state index in [1.54, 1.807) is 31.1 Å². The monoisotopic (exact) mass is 500 g/mol. The summed E-state index contributed by atoms with van der Waals surface area (Å²) in [6.07, 6.45) is 8.44. The van der Waals surface area contributed by atoms with E-state index in [2.05, 4.69) is 0 Å². The van der Waals surface area contributed by atoms with Crippen LogP contribution < -0.4 is 4.90 Å². The number of carbonyl (C=O) groups excluding carboxylic acids is 3. The van der Waals surface area contributed by atoms with E-state index in [0.717, 1.165) is 4.90 Å². The number of benzene rings is 1. The number of hydrogen-bond acceptors (Lipinski definition) is 8. The number of rotatable bonds is 8. The molecule has 1 aliphatic heterocycles. The molecular formula is C26H32N2O6S. The molecule has 1 amide bonds. The van der Waals surface area contributed by atoms with Gasteiger partial charge in [-0.2, -0.15) is 0 Å². The number of hydrogen-bond donors (Lipinski definition) is 0. The van der Waals surface area contributed by atoms with Crippen LogP contribution in [0.25, 0.3) is 0 Å². The Morgan fingerprint density at radius 3 is 2.63 bits per heavy atom. The largest absolute Gasteiger partial charge is 0.497 e. The van der Waals surface area contributed by atoms with Crippen molar-refractivity contribution in [3.8, 4) is 0 Å². The molecule has 0 spiro atoms. The van der Waals surface area contributed by atoms with Crippen molar-refractivity contribution in [2.24, 2.45) is 5.92 Å². The fourth-order valence-corrected chi connectivity index (χ4v) is 5.22. The molecule has 2 aliphatic rings. The van der Waals surface area contributed by atoms with Gasteiger partial charge in [0.05, 0.1) is 30.2 Å². The molecule has 0 radical (unpaired) electrons. The molecule has 0 saturated heterocycles. The molecule has 3 unspecified atom stereocenters. The van der Waals surface area contributed by atoms with Gasteiger partial charge in [-0.15, -0.1) is 11.8 Å². The molecule has 0 saturated carbocycles. The molecule has 1 aliphatic carbocycles. The van der Waals surface area contributed by atoms with Gasteiger partial charge in [-0.25, -0.2) is 4.79 Å². The van der Waals surface area contributed by atoms with Crippen LogP contribution in [0.15, 0.2) is 59.2 Å². The quantitative estimate of drug-likeness (QED) is 0.502. The number of nitrogens with zero attached hydrogens (tertiary/aromatic N) is 2. The number of likely N-dealkylation sites (N-methyl/N-ethyl adjacent to an activating group) is 1. The first-order valence-electron chi connectivity index (χ1n) is 11.5. The van der Waals surface area contributed by atoms with E-state index >= 15 is 0 Å². The predicted molar refractivity (Wildman–Crippen MR) is 135 cm³/mol. The Bertz CT molecular complexity index is 1050. The highest BCUT2D eigenvalue weighted by Gasteiger charge is 2.42. The van der Waals surface area contributed by atoms with Crippen LogP contribution in [0.2, 0.25) is 0 Å². The summed E-state index contributed by atoms with van der Waals surface area (Å²) in [7, 11) is 5.43. The summed E-state index contributed by atoms with van der Waals surface area (Å²) in [6.45, 7) is 4.25. The summed E-state index contributed by atoms with van der Waals surface area (Å²) >= 11 is 1.46. The van der Waals surface area contributed by atoms with E-state index in [1.807, 2.05) is 55.4 Å². The van der Waals surface area contributed by atoms with E-state index in [1.165, 1.54) is 18.7 Å². The molecule has 0 fully saturated rings. The molecular weight excluding hydrogens is 468 g/mol. The van der Waals surface area contributed by atoms with E-state index in [-0.39, 0.29) is 18.4 Å².